The molecule has 1 fully saturated rings. The maximum atomic E-state index is 11.4. The molecular weight excluding hydrogens is 170 g/mol. The predicted molar refractivity (Wildman–Crippen MR) is 47.2 cm³/mol. The van der Waals surface area contributed by atoms with Gasteiger partial charge in [0.25, 0.3) is 0 Å². The SMILES string of the molecule is CC[C@@H](C)N1CC(C(=O)O)CC1=O. The number of hydrogen-bond acceptors (Lipinski definition) is 2. The van der Waals surface area contributed by atoms with Gasteiger partial charge < -0.3 is 10.0 Å². The minimum atomic E-state index is -0.862. The number of carboxylic acid groups (broad SMARTS) is 1. The van der Waals surface area contributed by atoms with Crippen LogP contribution in [-0.2, 0) is 9.59 Å². The van der Waals surface area contributed by atoms with Crippen molar-refractivity contribution in [2.75, 3.05) is 6.54 Å². The van der Waals surface area contributed by atoms with Gasteiger partial charge in [0, 0.05) is 19.0 Å². The Hall–Kier alpha value is -1.06. The van der Waals surface area contributed by atoms with Gasteiger partial charge in [0.1, 0.15) is 0 Å². The zero-order valence-electron chi connectivity index (χ0n) is 7.99. The molecule has 1 N–H and O–H groups in total. The van der Waals surface area contributed by atoms with Crippen molar-refractivity contribution in [3.05, 3.63) is 0 Å². The Morgan fingerprint density at radius 1 is 1.77 bits per heavy atom. The topological polar surface area (TPSA) is 57.6 Å². The molecule has 0 aromatic rings. The second kappa shape index (κ2) is 3.77. The zero-order chi connectivity index (χ0) is 10.0. The lowest BCUT2D eigenvalue weighted by atomic mass is 10.1. The van der Waals surface area contributed by atoms with Gasteiger partial charge >= 0.3 is 5.97 Å². The number of carbonyl (C=O) groups is 2. The highest BCUT2D eigenvalue weighted by atomic mass is 16.4. The summed E-state index contributed by atoms with van der Waals surface area (Å²) in [5.41, 5.74) is 0. The summed E-state index contributed by atoms with van der Waals surface area (Å²) < 4.78 is 0. The molecule has 4 heteroatoms. The number of likely N-dealkylation sites (tertiary alicyclic amines) is 1. The quantitative estimate of drug-likeness (QED) is 0.704. The largest absolute Gasteiger partial charge is 0.481 e. The van der Waals surface area contributed by atoms with Crippen LogP contribution < -0.4 is 0 Å². The lowest BCUT2D eigenvalue weighted by Crippen LogP contribution is -2.34. The van der Waals surface area contributed by atoms with Crippen LogP contribution >= 0.6 is 0 Å². The van der Waals surface area contributed by atoms with Crippen LogP contribution in [0.1, 0.15) is 26.7 Å². The number of carboxylic acids is 1. The van der Waals surface area contributed by atoms with E-state index in [-0.39, 0.29) is 18.4 Å². The summed E-state index contributed by atoms with van der Waals surface area (Å²) in [6.45, 7) is 4.32. The van der Waals surface area contributed by atoms with Crippen molar-refractivity contribution in [1.82, 2.24) is 4.90 Å². The summed E-state index contributed by atoms with van der Waals surface area (Å²) >= 11 is 0. The van der Waals surface area contributed by atoms with Crippen LogP contribution in [0.15, 0.2) is 0 Å². The van der Waals surface area contributed by atoms with Crippen molar-refractivity contribution in [2.45, 2.75) is 32.7 Å². The standard InChI is InChI=1S/C9H15NO3/c1-3-6(2)10-5-7(9(12)13)4-8(10)11/h6-7H,3-5H2,1-2H3,(H,12,13)/t6-,7?/m1/s1. The van der Waals surface area contributed by atoms with Gasteiger partial charge in [0.2, 0.25) is 5.91 Å². The highest BCUT2D eigenvalue weighted by molar-refractivity contribution is 5.86. The number of carbonyl (C=O) groups excluding carboxylic acids is 1. The Morgan fingerprint density at radius 2 is 2.38 bits per heavy atom. The van der Waals surface area contributed by atoms with Crippen LogP contribution in [0.4, 0.5) is 0 Å². The predicted octanol–water partition coefficient (Wildman–Crippen LogP) is 0.718. The molecule has 74 valence electrons. The van der Waals surface area contributed by atoms with Crippen molar-refractivity contribution in [3.8, 4) is 0 Å². The van der Waals surface area contributed by atoms with Crippen LogP contribution in [0.5, 0.6) is 0 Å². The molecule has 0 saturated carbocycles. The molecule has 4 nitrogen and oxygen atoms in total. The Labute approximate surface area is 77.5 Å². The van der Waals surface area contributed by atoms with Crippen molar-refractivity contribution in [1.29, 1.82) is 0 Å². The summed E-state index contributed by atoms with van der Waals surface area (Å²) in [5.74, 6) is -1.39. The minimum absolute atomic E-state index is 0.0262. The van der Waals surface area contributed by atoms with Gasteiger partial charge in [0.15, 0.2) is 0 Å². The first kappa shape index (κ1) is 10.0. The number of nitrogens with zero attached hydrogens (tertiary/aromatic N) is 1. The molecule has 2 atom stereocenters. The molecule has 1 heterocycles. The van der Waals surface area contributed by atoms with Gasteiger partial charge in [-0.15, -0.1) is 0 Å². The highest BCUT2D eigenvalue weighted by Crippen LogP contribution is 2.21. The van der Waals surface area contributed by atoms with Crippen LogP contribution in [-0.4, -0.2) is 34.5 Å². The molecule has 0 spiro atoms. The monoisotopic (exact) mass is 185 g/mol. The Bertz CT molecular complexity index is 227. The molecule has 1 saturated heterocycles. The lowest BCUT2D eigenvalue weighted by molar-refractivity contribution is -0.141. The third-order valence-electron chi connectivity index (χ3n) is 2.63. The van der Waals surface area contributed by atoms with Gasteiger partial charge in [-0.1, -0.05) is 6.92 Å². The Morgan fingerprint density at radius 3 is 2.77 bits per heavy atom. The van der Waals surface area contributed by atoms with E-state index in [2.05, 4.69) is 0 Å². The minimum Gasteiger partial charge on any atom is -0.481 e. The summed E-state index contributed by atoms with van der Waals surface area (Å²) in [7, 11) is 0. The van der Waals surface area contributed by atoms with Crippen molar-refractivity contribution < 1.29 is 14.7 Å². The molecule has 1 aliphatic heterocycles. The number of amides is 1. The van der Waals surface area contributed by atoms with Gasteiger partial charge in [-0.3, -0.25) is 9.59 Å². The molecule has 0 bridgehead atoms. The van der Waals surface area contributed by atoms with E-state index in [0.717, 1.165) is 6.42 Å². The van der Waals surface area contributed by atoms with Gasteiger partial charge in [-0.05, 0) is 13.3 Å². The van der Waals surface area contributed by atoms with Crippen molar-refractivity contribution in [3.63, 3.8) is 0 Å². The molecule has 0 radical (unpaired) electrons. The highest BCUT2D eigenvalue weighted by Gasteiger charge is 2.35. The molecule has 1 aliphatic rings. The van der Waals surface area contributed by atoms with Crippen molar-refractivity contribution >= 4 is 11.9 Å². The summed E-state index contributed by atoms with van der Waals surface area (Å²) in [4.78, 5) is 23.6. The fourth-order valence-electron chi connectivity index (χ4n) is 1.54. The van der Waals surface area contributed by atoms with Crippen LogP contribution in [0.25, 0.3) is 0 Å². The maximum Gasteiger partial charge on any atom is 0.308 e. The maximum absolute atomic E-state index is 11.4. The average Bonchev–Trinajstić information content (AvgIpc) is 2.46. The molecule has 0 aromatic carbocycles. The van der Waals surface area contributed by atoms with Gasteiger partial charge in [0.05, 0.1) is 5.92 Å². The summed E-state index contributed by atoms with van der Waals surface area (Å²) in [6.07, 6.45) is 1.04. The number of hydrogen-bond donors (Lipinski definition) is 1. The van der Waals surface area contributed by atoms with E-state index in [1.807, 2.05) is 13.8 Å². The van der Waals surface area contributed by atoms with Crippen LogP contribution in [0, 0.1) is 5.92 Å². The molecular formula is C9H15NO3. The van der Waals surface area contributed by atoms with Gasteiger partial charge in [-0.2, -0.15) is 0 Å². The Balaban J connectivity index is 2.61. The van der Waals surface area contributed by atoms with E-state index in [1.54, 1.807) is 4.90 Å². The third kappa shape index (κ3) is 1.99. The normalized spacial score (nSPS) is 24.9. The first-order valence-corrected chi connectivity index (χ1v) is 4.58. The molecule has 13 heavy (non-hydrogen) atoms. The fourth-order valence-corrected chi connectivity index (χ4v) is 1.54. The second-order valence-corrected chi connectivity index (χ2v) is 3.54. The lowest BCUT2D eigenvalue weighted by Gasteiger charge is -2.22. The van der Waals surface area contributed by atoms with E-state index >= 15 is 0 Å². The number of aliphatic carboxylic acids is 1. The van der Waals surface area contributed by atoms with E-state index < -0.39 is 11.9 Å². The second-order valence-electron chi connectivity index (χ2n) is 3.54. The number of rotatable bonds is 3. The summed E-state index contributed by atoms with van der Waals surface area (Å²) in [5, 5.41) is 8.72. The van der Waals surface area contributed by atoms with Crippen molar-refractivity contribution in [2.24, 2.45) is 5.92 Å². The first-order chi connectivity index (χ1) is 6.06. The fraction of sp³-hybridized carbons (Fsp3) is 0.778. The van der Waals surface area contributed by atoms with Crippen LogP contribution in [0.3, 0.4) is 0 Å². The van der Waals surface area contributed by atoms with Crippen LogP contribution in [0.2, 0.25) is 0 Å². The molecule has 0 aromatic heterocycles. The molecule has 1 unspecified atom stereocenters. The third-order valence-corrected chi connectivity index (χ3v) is 2.63. The Kier molecular flexibility index (Phi) is 2.90. The zero-order valence-corrected chi connectivity index (χ0v) is 7.99. The molecule has 1 amide bonds. The molecule has 0 aliphatic carbocycles. The van der Waals surface area contributed by atoms with E-state index in [4.69, 9.17) is 5.11 Å². The molecule has 1 rings (SSSR count). The average molecular weight is 185 g/mol. The van der Waals surface area contributed by atoms with E-state index in [0.29, 0.717) is 6.54 Å². The van der Waals surface area contributed by atoms with E-state index in [1.165, 1.54) is 0 Å². The van der Waals surface area contributed by atoms with Gasteiger partial charge in [-0.25, -0.2) is 0 Å². The summed E-state index contributed by atoms with van der Waals surface area (Å²) in [6, 6.07) is 0.164. The first-order valence-electron chi connectivity index (χ1n) is 4.58. The van der Waals surface area contributed by atoms with E-state index in [9.17, 15) is 9.59 Å². The smallest absolute Gasteiger partial charge is 0.308 e.